The Morgan fingerprint density at radius 1 is 1.08 bits per heavy atom. The lowest BCUT2D eigenvalue weighted by Gasteiger charge is -2.36. The van der Waals surface area contributed by atoms with Crippen LogP contribution in [0.5, 0.6) is 5.75 Å². The zero-order valence-corrected chi connectivity index (χ0v) is 14.2. The first kappa shape index (κ1) is 15.2. The Kier molecular flexibility index (Phi) is 3.96. The van der Waals surface area contributed by atoms with Crippen LogP contribution in [0.25, 0.3) is 5.57 Å². The molecule has 4 rings (SSSR count). The molecule has 24 heavy (non-hydrogen) atoms. The van der Waals surface area contributed by atoms with Gasteiger partial charge in [0, 0.05) is 11.9 Å². The molecule has 2 aliphatic heterocycles. The summed E-state index contributed by atoms with van der Waals surface area (Å²) in [5.74, 6) is 0.994. The zero-order chi connectivity index (χ0) is 16.5. The molecule has 0 radical (unpaired) electrons. The van der Waals surface area contributed by atoms with Crippen LogP contribution in [-0.4, -0.2) is 24.9 Å². The summed E-state index contributed by atoms with van der Waals surface area (Å²) in [6.45, 7) is 0.683. The molecule has 0 aliphatic carbocycles. The molecule has 2 heterocycles. The third kappa shape index (κ3) is 2.56. The second-order valence-electron chi connectivity index (χ2n) is 5.90. The second-order valence-corrected chi connectivity index (χ2v) is 6.34. The lowest BCUT2D eigenvalue weighted by atomic mass is 9.92. The van der Waals surface area contributed by atoms with Gasteiger partial charge in [0.1, 0.15) is 5.75 Å². The fourth-order valence-corrected chi connectivity index (χ4v) is 3.70. The molecule has 122 valence electrons. The van der Waals surface area contributed by atoms with Gasteiger partial charge >= 0.3 is 0 Å². The quantitative estimate of drug-likeness (QED) is 0.842. The maximum atomic E-state index is 5.62. The molecule has 5 heteroatoms. The number of nitrogens with zero attached hydrogens (tertiary/aromatic N) is 1. The molecule has 0 saturated carbocycles. The van der Waals surface area contributed by atoms with Gasteiger partial charge in [-0.05, 0) is 35.4 Å². The van der Waals surface area contributed by atoms with E-state index in [0.717, 1.165) is 16.4 Å². The lowest BCUT2D eigenvalue weighted by molar-refractivity contribution is 0.414. The number of nitrogens with one attached hydrogen (secondary N) is 2. The minimum Gasteiger partial charge on any atom is -0.497 e. The highest BCUT2D eigenvalue weighted by Gasteiger charge is 2.41. The number of methoxy groups -OCH3 is 1. The number of ether oxygens (including phenoxy) is 1. The van der Waals surface area contributed by atoms with Crippen molar-refractivity contribution in [1.29, 1.82) is 0 Å². The molecule has 0 aromatic heterocycles. The molecule has 4 nitrogen and oxygen atoms in total. The van der Waals surface area contributed by atoms with Crippen molar-refractivity contribution in [2.45, 2.75) is 6.17 Å². The van der Waals surface area contributed by atoms with E-state index in [1.165, 1.54) is 11.1 Å². The molecule has 1 fully saturated rings. The molecule has 0 amide bonds. The average molecular weight is 337 g/mol. The Morgan fingerprint density at radius 2 is 1.83 bits per heavy atom. The minimum atomic E-state index is 0.127. The van der Waals surface area contributed by atoms with Crippen LogP contribution in [0.3, 0.4) is 0 Å². The Balaban J connectivity index is 1.75. The van der Waals surface area contributed by atoms with E-state index in [1.54, 1.807) is 7.11 Å². The third-order valence-electron chi connectivity index (χ3n) is 4.56. The molecule has 0 bridgehead atoms. The van der Waals surface area contributed by atoms with Crippen LogP contribution in [0, 0.1) is 5.92 Å². The van der Waals surface area contributed by atoms with Crippen LogP contribution in [0.1, 0.15) is 5.56 Å². The molecule has 2 aromatic rings. The summed E-state index contributed by atoms with van der Waals surface area (Å²) in [4.78, 5) is 3.16. The van der Waals surface area contributed by atoms with Crippen molar-refractivity contribution in [3.05, 3.63) is 66.4 Å². The monoisotopic (exact) mass is 337 g/mol. The molecule has 0 spiro atoms. The van der Waals surface area contributed by atoms with Crippen molar-refractivity contribution < 1.29 is 4.74 Å². The second kappa shape index (κ2) is 6.26. The number of hydrogen-bond acceptors (Lipinski definition) is 4. The summed E-state index contributed by atoms with van der Waals surface area (Å²) in [6.07, 6.45) is 2.33. The normalized spacial score (nSPS) is 22.6. The van der Waals surface area contributed by atoms with E-state index in [2.05, 4.69) is 58.1 Å². The van der Waals surface area contributed by atoms with Gasteiger partial charge in [-0.1, -0.05) is 42.5 Å². The maximum absolute atomic E-state index is 5.62. The third-order valence-corrected chi connectivity index (χ3v) is 4.96. The molecule has 1 saturated heterocycles. The standard InChI is InChI=1S/C19H19N3OS/c1-23-15-9-7-14(8-10-15)22-11-16(13-5-3-2-4-6-13)17-18(22)20-12-21-19(17)24/h2-11,17-18,20H,12H2,1H3,(H,21,24). The highest BCUT2D eigenvalue weighted by molar-refractivity contribution is 7.80. The summed E-state index contributed by atoms with van der Waals surface area (Å²) in [5.41, 5.74) is 3.56. The Morgan fingerprint density at radius 3 is 2.54 bits per heavy atom. The van der Waals surface area contributed by atoms with Crippen LogP contribution < -0.4 is 20.3 Å². The molecular weight excluding hydrogens is 318 g/mol. The first-order valence-corrected chi connectivity index (χ1v) is 8.39. The molecule has 2 atom stereocenters. The smallest absolute Gasteiger partial charge is 0.119 e. The predicted octanol–water partition coefficient (Wildman–Crippen LogP) is 2.98. The first-order chi connectivity index (χ1) is 11.8. The van der Waals surface area contributed by atoms with Gasteiger partial charge < -0.3 is 15.0 Å². The van der Waals surface area contributed by atoms with Gasteiger partial charge in [0.15, 0.2) is 0 Å². The predicted molar refractivity (Wildman–Crippen MR) is 101 cm³/mol. The van der Waals surface area contributed by atoms with Crippen molar-refractivity contribution >= 4 is 28.5 Å². The zero-order valence-electron chi connectivity index (χ0n) is 13.4. The van der Waals surface area contributed by atoms with Crippen LogP contribution in [-0.2, 0) is 0 Å². The van der Waals surface area contributed by atoms with Gasteiger partial charge in [-0.2, -0.15) is 0 Å². The van der Waals surface area contributed by atoms with Gasteiger partial charge in [0.25, 0.3) is 0 Å². The highest BCUT2D eigenvalue weighted by Crippen LogP contribution is 2.39. The highest BCUT2D eigenvalue weighted by atomic mass is 32.1. The summed E-state index contributed by atoms with van der Waals surface area (Å²) < 4.78 is 5.27. The fraction of sp³-hybridized carbons (Fsp3) is 0.211. The van der Waals surface area contributed by atoms with Gasteiger partial charge in [-0.25, -0.2) is 0 Å². The Labute approximate surface area is 147 Å². The fourth-order valence-electron chi connectivity index (χ4n) is 3.37. The topological polar surface area (TPSA) is 36.5 Å². The van der Waals surface area contributed by atoms with Crippen molar-refractivity contribution in [3.8, 4) is 5.75 Å². The van der Waals surface area contributed by atoms with Crippen molar-refractivity contribution in [3.63, 3.8) is 0 Å². The van der Waals surface area contributed by atoms with E-state index in [1.807, 2.05) is 18.2 Å². The number of fused-ring (bicyclic) bond motifs is 1. The Bertz CT molecular complexity index is 773. The number of thiocarbonyl (C=S) groups is 1. The van der Waals surface area contributed by atoms with Crippen LogP contribution in [0.2, 0.25) is 0 Å². The molecule has 2 unspecified atom stereocenters. The van der Waals surface area contributed by atoms with E-state index in [-0.39, 0.29) is 12.1 Å². The van der Waals surface area contributed by atoms with Crippen molar-refractivity contribution in [2.24, 2.45) is 5.92 Å². The minimum absolute atomic E-state index is 0.127. The van der Waals surface area contributed by atoms with Crippen molar-refractivity contribution in [2.75, 3.05) is 18.7 Å². The largest absolute Gasteiger partial charge is 0.497 e. The summed E-state index contributed by atoms with van der Waals surface area (Å²) in [6, 6.07) is 18.6. The van der Waals surface area contributed by atoms with Crippen LogP contribution in [0.4, 0.5) is 5.69 Å². The van der Waals surface area contributed by atoms with Gasteiger partial charge in [-0.3, -0.25) is 5.32 Å². The number of hydrogen-bond donors (Lipinski definition) is 2. The summed E-state index contributed by atoms with van der Waals surface area (Å²) in [7, 11) is 1.68. The van der Waals surface area contributed by atoms with E-state index in [9.17, 15) is 0 Å². The van der Waals surface area contributed by atoms with Crippen LogP contribution in [0.15, 0.2) is 60.8 Å². The number of benzene rings is 2. The summed E-state index contributed by atoms with van der Waals surface area (Å²) >= 11 is 5.62. The number of anilines is 1. The average Bonchev–Trinajstić information content (AvgIpc) is 3.04. The first-order valence-electron chi connectivity index (χ1n) is 7.98. The van der Waals surface area contributed by atoms with E-state index in [0.29, 0.717) is 6.67 Å². The van der Waals surface area contributed by atoms with E-state index >= 15 is 0 Å². The van der Waals surface area contributed by atoms with Gasteiger partial charge in [-0.15, -0.1) is 0 Å². The van der Waals surface area contributed by atoms with E-state index < -0.39 is 0 Å². The summed E-state index contributed by atoms with van der Waals surface area (Å²) in [5, 5.41) is 6.81. The Hall–Kier alpha value is -2.37. The SMILES string of the molecule is COc1ccc(N2C=C(c3ccccc3)C3C(=S)NCNC32)cc1. The molecule has 2 aliphatic rings. The molecule has 2 aromatic carbocycles. The maximum Gasteiger partial charge on any atom is 0.119 e. The van der Waals surface area contributed by atoms with Gasteiger partial charge in [0.05, 0.1) is 30.9 Å². The number of rotatable bonds is 3. The van der Waals surface area contributed by atoms with Crippen LogP contribution >= 0.6 is 12.2 Å². The lowest BCUT2D eigenvalue weighted by Crippen LogP contribution is -2.57. The van der Waals surface area contributed by atoms with E-state index in [4.69, 9.17) is 17.0 Å². The van der Waals surface area contributed by atoms with Crippen molar-refractivity contribution in [1.82, 2.24) is 10.6 Å². The molecule has 2 N–H and O–H groups in total. The van der Waals surface area contributed by atoms with Gasteiger partial charge in [0.2, 0.25) is 0 Å². The molecular formula is C19H19N3OS.